The van der Waals surface area contributed by atoms with Crippen molar-refractivity contribution < 1.29 is 13.2 Å². The molecule has 0 aliphatic carbocycles. The number of hydrogen-bond donors (Lipinski definition) is 1. The Hall–Kier alpha value is -1.44. The zero-order valence-corrected chi connectivity index (χ0v) is 14.7. The van der Waals surface area contributed by atoms with E-state index in [1.165, 1.54) is 16.4 Å². The highest BCUT2D eigenvalue weighted by atomic mass is 32.2. The number of benzene rings is 1. The van der Waals surface area contributed by atoms with Crippen molar-refractivity contribution in [3.63, 3.8) is 0 Å². The third-order valence-electron chi connectivity index (χ3n) is 4.31. The normalized spacial score (nSPS) is 17.0. The minimum absolute atomic E-state index is 0.138. The first-order valence-electron chi connectivity index (χ1n) is 7.86. The molecule has 0 unspecified atom stereocenters. The van der Waals surface area contributed by atoms with Gasteiger partial charge in [0, 0.05) is 37.8 Å². The highest BCUT2D eigenvalue weighted by molar-refractivity contribution is 7.89. The topological polar surface area (TPSA) is 83.7 Å². The van der Waals surface area contributed by atoms with Crippen LogP contribution in [0.4, 0.5) is 0 Å². The molecule has 0 bridgehead atoms. The van der Waals surface area contributed by atoms with E-state index in [1.54, 1.807) is 24.1 Å². The predicted molar refractivity (Wildman–Crippen MR) is 89.6 cm³/mol. The fourth-order valence-electron chi connectivity index (χ4n) is 2.52. The van der Waals surface area contributed by atoms with Crippen molar-refractivity contribution in [1.82, 2.24) is 9.21 Å². The summed E-state index contributed by atoms with van der Waals surface area (Å²) < 4.78 is 26.4. The fraction of sp³-hybridized carbons (Fsp3) is 0.562. The second-order valence-corrected chi connectivity index (χ2v) is 8.27. The van der Waals surface area contributed by atoms with Gasteiger partial charge in [0.1, 0.15) is 0 Å². The highest BCUT2D eigenvalue weighted by Gasteiger charge is 2.26. The zero-order chi connectivity index (χ0) is 17.2. The predicted octanol–water partition coefficient (Wildman–Crippen LogP) is 1.28. The maximum absolute atomic E-state index is 12.6. The van der Waals surface area contributed by atoms with Crippen molar-refractivity contribution in [2.75, 3.05) is 20.1 Å². The van der Waals surface area contributed by atoms with Crippen LogP contribution < -0.4 is 5.73 Å². The SMILES string of the molecule is CC(C)N(C)S(=O)(=O)c1cccc(C(=O)N2CCC(N)CC2)c1. The van der Waals surface area contributed by atoms with Gasteiger partial charge in [0.05, 0.1) is 4.90 Å². The van der Waals surface area contributed by atoms with Gasteiger partial charge < -0.3 is 10.6 Å². The van der Waals surface area contributed by atoms with E-state index >= 15 is 0 Å². The fourth-order valence-corrected chi connectivity index (χ4v) is 3.93. The van der Waals surface area contributed by atoms with E-state index in [2.05, 4.69) is 0 Å². The average Bonchev–Trinajstić information content (AvgIpc) is 2.54. The lowest BCUT2D eigenvalue weighted by Crippen LogP contribution is -2.42. The summed E-state index contributed by atoms with van der Waals surface area (Å²) in [6, 6.07) is 6.26. The summed E-state index contributed by atoms with van der Waals surface area (Å²) >= 11 is 0. The average molecular weight is 339 g/mol. The number of carbonyl (C=O) groups excluding carboxylic acids is 1. The van der Waals surface area contributed by atoms with Crippen molar-refractivity contribution in [2.24, 2.45) is 5.73 Å². The summed E-state index contributed by atoms with van der Waals surface area (Å²) in [6.07, 6.45) is 1.56. The van der Waals surface area contributed by atoms with Crippen LogP contribution in [-0.4, -0.2) is 55.8 Å². The van der Waals surface area contributed by atoms with E-state index in [0.717, 1.165) is 12.8 Å². The smallest absolute Gasteiger partial charge is 0.253 e. The zero-order valence-electron chi connectivity index (χ0n) is 13.9. The Morgan fingerprint density at radius 2 is 1.91 bits per heavy atom. The molecule has 2 rings (SSSR count). The first-order valence-corrected chi connectivity index (χ1v) is 9.30. The van der Waals surface area contributed by atoms with Gasteiger partial charge in [-0.05, 0) is 44.9 Å². The van der Waals surface area contributed by atoms with Crippen molar-refractivity contribution in [1.29, 1.82) is 0 Å². The molecule has 1 aromatic carbocycles. The Bertz CT molecular complexity index is 665. The quantitative estimate of drug-likeness (QED) is 0.895. The highest BCUT2D eigenvalue weighted by Crippen LogP contribution is 2.20. The Labute approximate surface area is 138 Å². The van der Waals surface area contributed by atoms with Gasteiger partial charge in [-0.25, -0.2) is 8.42 Å². The molecule has 7 heteroatoms. The van der Waals surface area contributed by atoms with E-state index in [1.807, 2.05) is 13.8 Å². The molecule has 1 saturated heterocycles. The van der Waals surface area contributed by atoms with Gasteiger partial charge in [0.2, 0.25) is 10.0 Å². The summed E-state index contributed by atoms with van der Waals surface area (Å²) in [5, 5.41) is 0. The number of carbonyl (C=O) groups is 1. The lowest BCUT2D eigenvalue weighted by Gasteiger charge is -2.30. The number of rotatable bonds is 4. The van der Waals surface area contributed by atoms with Crippen molar-refractivity contribution >= 4 is 15.9 Å². The van der Waals surface area contributed by atoms with Crippen molar-refractivity contribution in [3.05, 3.63) is 29.8 Å². The standard InChI is InChI=1S/C16H25N3O3S/c1-12(2)18(3)23(21,22)15-6-4-5-13(11-15)16(20)19-9-7-14(17)8-10-19/h4-6,11-12,14H,7-10,17H2,1-3H3. The van der Waals surface area contributed by atoms with Crippen LogP contribution in [0.3, 0.4) is 0 Å². The Morgan fingerprint density at radius 1 is 1.30 bits per heavy atom. The van der Waals surface area contributed by atoms with Crippen LogP contribution >= 0.6 is 0 Å². The number of sulfonamides is 1. The molecule has 1 aliphatic heterocycles. The lowest BCUT2D eigenvalue weighted by molar-refractivity contribution is 0.0714. The van der Waals surface area contributed by atoms with Crippen LogP contribution in [-0.2, 0) is 10.0 Å². The van der Waals surface area contributed by atoms with Crippen molar-refractivity contribution in [2.45, 2.75) is 43.7 Å². The van der Waals surface area contributed by atoms with Crippen LogP contribution in [0.1, 0.15) is 37.0 Å². The van der Waals surface area contributed by atoms with Crippen LogP contribution in [0.5, 0.6) is 0 Å². The number of hydrogen-bond acceptors (Lipinski definition) is 4. The molecule has 1 aromatic rings. The van der Waals surface area contributed by atoms with E-state index in [9.17, 15) is 13.2 Å². The Balaban J connectivity index is 2.25. The number of likely N-dealkylation sites (tertiary alicyclic amines) is 1. The summed E-state index contributed by atoms with van der Waals surface area (Å²) in [4.78, 5) is 14.4. The van der Waals surface area contributed by atoms with Gasteiger partial charge in [0.25, 0.3) is 5.91 Å². The van der Waals surface area contributed by atoms with Gasteiger partial charge in [-0.15, -0.1) is 0 Å². The molecule has 0 spiro atoms. The Kier molecular flexibility index (Phi) is 5.44. The molecule has 1 aliphatic rings. The van der Waals surface area contributed by atoms with Crippen LogP contribution in [0.25, 0.3) is 0 Å². The first-order chi connectivity index (χ1) is 10.7. The summed E-state index contributed by atoms with van der Waals surface area (Å²) in [5.74, 6) is -0.138. The van der Waals surface area contributed by atoms with Gasteiger partial charge in [-0.3, -0.25) is 4.79 Å². The molecule has 0 atom stereocenters. The third-order valence-corrected chi connectivity index (χ3v) is 6.34. The number of amides is 1. The van der Waals surface area contributed by atoms with E-state index < -0.39 is 10.0 Å². The molecule has 1 heterocycles. The summed E-state index contributed by atoms with van der Waals surface area (Å²) in [6.45, 7) is 4.85. The monoisotopic (exact) mass is 339 g/mol. The van der Waals surface area contributed by atoms with Crippen LogP contribution in [0, 0.1) is 0 Å². The number of piperidine rings is 1. The van der Waals surface area contributed by atoms with Gasteiger partial charge in [-0.2, -0.15) is 4.31 Å². The number of nitrogens with two attached hydrogens (primary N) is 1. The molecule has 23 heavy (non-hydrogen) atoms. The third kappa shape index (κ3) is 3.91. The molecule has 0 aromatic heterocycles. The molecule has 1 amide bonds. The molecular formula is C16H25N3O3S. The molecule has 1 fully saturated rings. The van der Waals surface area contributed by atoms with Crippen LogP contribution in [0.2, 0.25) is 0 Å². The Morgan fingerprint density at radius 3 is 2.48 bits per heavy atom. The maximum Gasteiger partial charge on any atom is 0.253 e. The molecule has 0 saturated carbocycles. The van der Waals surface area contributed by atoms with E-state index in [4.69, 9.17) is 5.73 Å². The van der Waals surface area contributed by atoms with E-state index in [0.29, 0.717) is 18.7 Å². The molecule has 0 radical (unpaired) electrons. The van der Waals surface area contributed by atoms with Gasteiger partial charge >= 0.3 is 0 Å². The summed E-state index contributed by atoms with van der Waals surface area (Å²) in [7, 11) is -2.05. The second-order valence-electron chi connectivity index (χ2n) is 6.27. The minimum atomic E-state index is -3.59. The second kappa shape index (κ2) is 6.98. The summed E-state index contributed by atoms with van der Waals surface area (Å²) in [5.41, 5.74) is 6.26. The molecular weight excluding hydrogens is 314 g/mol. The van der Waals surface area contributed by atoms with Gasteiger partial charge in [-0.1, -0.05) is 6.07 Å². The maximum atomic E-state index is 12.6. The molecule has 2 N–H and O–H groups in total. The van der Waals surface area contributed by atoms with Crippen molar-refractivity contribution in [3.8, 4) is 0 Å². The largest absolute Gasteiger partial charge is 0.339 e. The molecule has 128 valence electrons. The first kappa shape index (κ1) is 17.9. The molecule has 6 nitrogen and oxygen atoms in total. The van der Waals surface area contributed by atoms with Crippen LogP contribution in [0.15, 0.2) is 29.2 Å². The lowest BCUT2D eigenvalue weighted by atomic mass is 10.0. The van der Waals surface area contributed by atoms with E-state index in [-0.39, 0.29) is 22.9 Å². The minimum Gasteiger partial charge on any atom is -0.339 e. The van der Waals surface area contributed by atoms with Gasteiger partial charge in [0.15, 0.2) is 0 Å². The number of nitrogens with zero attached hydrogens (tertiary/aromatic N) is 2.